The molecule has 0 spiro atoms. The number of hydrogen-bond donors (Lipinski definition) is 2. The van der Waals surface area contributed by atoms with Gasteiger partial charge in [-0.2, -0.15) is 0 Å². The molecule has 0 radical (unpaired) electrons. The van der Waals surface area contributed by atoms with Crippen LogP contribution in [0.4, 0.5) is 5.13 Å². The number of aromatic nitrogens is 2. The van der Waals surface area contributed by atoms with E-state index in [2.05, 4.69) is 27.1 Å². The minimum atomic E-state index is -0.204. The maximum absolute atomic E-state index is 12.5. The summed E-state index contributed by atoms with van der Waals surface area (Å²) in [6, 6.07) is 8.02. The van der Waals surface area contributed by atoms with Gasteiger partial charge in [-0.05, 0) is 38.4 Å². The zero-order valence-corrected chi connectivity index (χ0v) is 16.2. The number of para-hydroxylation sites is 1. The number of halogens is 1. The number of piperidine rings is 1. The van der Waals surface area contributed by atoms with Gasteiger partial charge in [-0.3, -0.25) is 15.0 Å². The minimum absolute atomic E-state index is 0.204. The molecule has 1 amide bonds. The van der Waals surface area contributed by atoms with Crippen molar-refractivity contribution in [2.45, 2.75) is 38.8 Å². The van der Waals surface area contributed by atoms with Crippen molar-refractivity contribution in [2.24, 2.45) is 0 Å². The highest BCUT2D eigenvalue weighted by Gasteiger charge is 2.19. The molecule has 3 heterocycles. The number of anilines is 1. The predicted octanol–water partition coefficient (Wildman–Crippen LogP) is 4.90. The highest BCUT2D eigenvalue weighted by Crippen LogP contribution is 2.26. The summed E-state index contributed by atoms with van der Waals surface area (Å²) >= 11 is 7.70. The first-order valence-corrected chi connectivity index (χ1v) is 10.1. The fourth-order valence-corrected chi connectivity index (χ4v) is 4.50. The van der Waals surface area contributed by atoms with Gasteiger partial charge in [0.05, 0.1) is 10.5 Å². The lowest BCUT2D eigenvalue weighted by Gasteiger charge is -2.32. The number of thiazole rings is 1. The molecular formula is C19H21ClN4OS. The van der Waals surface area contributed by atoms with Crippen LogP contribution >= 0.6 is 22.9 Å². The molecule has 1 aliphatic heterocycles. The molecule has 136 valence electrons. The average molecular weight is 389 g/mol. The predicted molar refractivity (Wildman–Crippen MR) is 107 cm³/mol. The lowest BCUT2D eigenvalue weighted by molar-refractivity contribution is 0.102. The first kappa shape index (κ1) is 17.5. The van der Waals surface area contributed by atoms with E-state index in [1.54, 1.807) is 12.1 Å². The molecule has 5 nitrogen and oxygen atoms in total. The van der Waals surface area contributed by atoms with Crippen molar-refractivity contribution >= 4 is 44.9 Å². The maximum atomic E-state index is 12.5. The molecule has 1 atom stereocenters. The first-order valence-electron chi connectivity index (χ1n) is 8.87. The van der Waals surface area contributed by atoms with Crippen LogP contribution < -0.4 is 5.32 Å². The number of benzene rings is 1. The SMILES string of the molecule is CC1CCCCN1Cc1cnc(NC(=O)c2cc3cccc(Cl)c3[nH]2)s1. The van der Waals surface area contributed by atoms with Crippen molar-refractivity contribution in [3.63, 3.8) is 0 Å². The summed E-state index contributed by atoms with van der Waals surface area (Å²) in [6.07, 6.45) is 5.70. The third-order valence-corrected chi connectivity index (χ3v) is 6.14. The van der Waals surface area contributed by atoms with Gasteiger partial charge in [-0.25, -0.2) is 4.98 Å². The molecule has 0 aliphatic carbocycles. The van der Waals surface area contributed by atoms with Crippen LogP contribution in [0, 0.1) is 0 Å². The van der Waals surface area contributed by atoms with Crippen molar-refractivity contribution in [3.8, 4) is 0 Å². The molecule has 1 unspecified atom stereocenters. The van der Waals surface area contributed by atoms with Crippen LogP contribution in [-0.4, -0.2) is 33.4 Å². The molecule has 2 N–H and O–H groups in total. The lowest BCUT2D eigenvalue weighted by Crippen LogP contribution is -2.36. The fraction of sp³-hybridized carbons (Fsp3) is 0.368. The highest BCUT2D eigenvalue weighted by molar-refractivity contribution is 7.15. The van der Waals surface area contributed by atoms with Crippen LogP contribution in [0.1, 0.15) is 41.6 Å². The number of likely N-dealkylation sites (tertiary alicyclic amines) is 1. The smallest absolute Gasteiger partial charge is 0.273 e. The Balaban J connectivity index is 1.44. The number of carbonyl (C=O) groups excluding carboxylic acids is 1. The highest BCUT2D eigenvalue weighted by atomic mass is 35.5. The largest absolute Gasteiger partial charge is 0.349 e. The van der Waals surface area contributed by atoms with E-state index in [0.29, 0.717) is 21.9 Å². The van der Waals surface area contributed by atoms with Gasteiger partial charge in [-0.1, -0.05) is 30.2 Å². The van der Waals surface area contributed by atoms with E-state index in [9.17, 15) is 4.79 Å². The standard InChI is InChI=1S/C19H21ClN4OS/c1-12-5-2-3-8-24(12)11-14-10-21-19(26-14)23-18(25)16-9-13-6-4-7-15(20)17(13)22-16/h4,6-7,9-10,12,22H,2-3,5,8,11H2,1H3,(H,21,23,25). The van der Waals surface area contributed by atoms with Crippen LogP contribution in [0.3, 0.4) is 0 Å². The van der Waals surface area contributed by atoms with E-state index in [1.165, 1.54) is 35.5 Å². The van der Waals surface area contributed by atoms with Crippen molar-refractivity contribution in [3.05, 3.63) is 46.1 Å². The Hall–Kier alpha value is -1.89. The minimum Gasteiger partial charge on any atom is -0.349 e. The van der Waals surface area contributed by atoms with Crippen LogP contribution in [0.5, 0.6) is 0 Å². The Morgan fingerprint density at radius 3 is 3.15 bits per heavy atom. The number of hydrogen-bond acceptors (Lipinski definition) is 4. The van der Waals surface area contributed by atoms with Crippen LogP contribution in [0.2, 0.25) is 5.02 Å². The van der Waals surface area contributed by atoms with Crippen LogP contribution in [0.25, 0.3) is 10.9 Å². The lowest BCUT2D eigenvalue weighted by atomic mass is 10.0. The van der Waals surface area contributed by atoms with Crippen molar-refractivity contribution in [1.82, 2.24) is 14.9 Å². The molecule has 1 aromatic carbocycles. The third-order valence-electron chi connectivity index (χ3n) is 4.92. The number of nitrogens with one attached hydrogen (secondary N) is 2. The quantitative estimate of drug-likeness (QED) is 0.667. The van der Waals surface area contributed by atoms with Gasteiger partial charge < -0.3 is 4.98 Å². The van der Waals surface area contributed by atoms with Gasteiger partial charge in [0, 0.05) is 29.0 Å². The molecule has 7 heteroatoms. The molecule has 1 fully saturated rings. The first-order chi connectivity index (χ1) is 12.6. The number of fused-ring (bicyclic) bond motifs is 1. The van der Waals surface area contributed by atoms with Gasteiger partial charge >= 0.3 is 0 Å². The maximum Gasteiger partial charge on any atom is 0.273 e. The summed E-state index contributed by atoms with van der Waals surface area (Å²) in [7, 11) is 0. The van der Waals surface area contributed by atoms with E-state index in [0.717, 1.165) is 24.0 Å². The topological polar surface area (TPSA) is 61.0 Å². The molecular weight excluding hydrogens is 368 g/mol. The number of H-pyrrole nitrogens is 1. The molecule has 3 aromatic rings. The normalized spacial score (nSPS) is 18.3. The number of nitrogens with zero attached hydrogens (tertiary/aromatic N) is 2. The molecule has 4 rings (SSSR count). The van der Waals surface area contributed by atoms with Crippen molar-refractivity contribution in [2.75, 3.05) is 11.9 Å². The third kappa shape index (κ3) is 3.63. The van der Waals surface area contributed by atoms with Gasteiger partial charge in [0.1, 0.15) is 5.69 Å². The summed E-state index contributed by atoms with van der Waals surface area (Å²) in [5, 5.41) is 5.03. The van der Waals surface area contributed by atoms with E-state index in [1.807, 2.05) is 18.3 Å². The Kier molecular flexibility index (Phi) is 4.98. The number of amides is 1. The second kappa shape index (κ2) is 7.39. The van der Waals surface area contributed by atoms with E-state index in [4.69, 9.17) is 11.6 Å². The number of aromatic amines is 1. The van der Waals surface area contributed by atoms with E-state index in [-0.39, 0.29) is 5.91 Å². The summed E-state index contributed by atoms with van der Waals surface area (Å²) in [5.41, 5.74) is 1.26. The molecule has 26 heavy (non-hydrogen) atoms. The van der Waals surface area contributed by atoms with Gasteiger partial charge in [-0.15, -0.1) is 11.3 Å². The Morgan fingerprint density at radius 2 is 2.35 bits per heavy atom. The summed E-state index contributed by atoms with van der Waals surface area (Å²) in [4.78, 5) is 23.6. The molecule has 0 bridgehead atoms. The number of carbonyl (C=O) groups is 1. The molecule has 0 saturated carbocycles. The Labute approximate surface area is 161 Å². The molecule has 1 aliphatic rings. The zero-order chi connectivity index (χ0) is 18.1. The second-order valence-corrected chi connectivity index (χ2v) is 8.31. The zero-order valence-electron chi connectivity index (χ0n) is 14.6. The number of rotatable bonds is 4. The Bertz CT molecular complexity index is 935. The fourth-order valence-electron chi connectivity index (χ4n) is 3.44. The monoisotopic (exact) mass is 388 g/mol. The van der Waals surface area contributed by atoms with Gasteiger partial charge in [0.25, 0.3) is 5.91 Å². The average Bonchev–Trinajstić information content (AvgIpc) is 3.25. The summed E-state index contributed by atoms with van der Waals surface area (Å²) in [5.74, 6) is -0.204. The van der Waals surface area contributed by atoms with E-state index < -0.39 is 0 Å². The second-order valence-electron chi connectivity index (χ2n) is 6.79. The van der Waals surface area contributed by atoms with E-state index >= 15 is 0 Å². The molecule has 1 saturated heterocycles. The summed E-state index contributed by atoms with van der Waals surface area (Å²) in [6.45, 7) is 4.32. The van der Waals surface area contributed by atoms with Crippen molar-refractivity contribution in [1.29, 1.82) is 0 Å². The van der Waals surface area contributed by atoms with Crippen LogP contribution in [-0.2, 0) is 6.54 Å². The van der Waals surface area contributed by atoms with Crippen molar-refractivity contribution < 1.29 is 4.79 Å². The van der Waals surface area contributed by atoms with Gasteiger partial charge in [0.15, 0.2) is 5.13 Å². The molecule has 2 aromatic heterocycles. The summed E-state index contributed by atoms with van der Waals surface area (Å²) < 4.78 is 0. The van der Waals surface area contributed by atoms with Crippen LogP contribution in [0.15, 0.2) is 30.5 Å². The Morgan fingerprint density at radius 1 is 1.46 bits per heavy atom. The van der Waals surface area contributed by atoms with Gasteiger partial charge in [0.2, 0.25) is 0 Å².